The van der Waals surface area contributed by atoms with Crippen LogP contribution in [-0.4, -0.2) is 21.6 Å². The number of aliphatic hydroxyl groups excluding tert-OH is 1. The van der Waals surface area contributed by atoms with Crippen LogP contribution in [0.1, 0.15) is 18.2 Å². The fourth-order valence-electron chi connectivity index (χ4n) is 1.78. The molecule has 0 saturated carbocycles. The highest BCUT2D eigenvalue weighted by atomic mass is 16.3. The third-order valence-electron chi connectivity index (χ3n) is 2.76. The van der Waals surface area contributed by atoms with Gasteiger partial charge in [0.2, 0.25) is 0 Å². The molecular formula is C14H17N3O. The molecular weight excluding hydrogens is 226 g/mol. The van der Waals surface area contributed by atoms with Crippen molar-refractivity contribution in [1.82, 2.24) is 9.97 Å². The topological polar surface area (TPSA) is 49.2 Å². The molecule has 0 unspecified atom stereocenters. The van der Waals surface area contributed by atoms with Gasteiger partial charge in [0.25, 0.3) is 0 Å². The number of aromatic nitrogens is 2. The molecule has 2 aromatic rings. The molecule has 2 rings (SSSR count). The van der Waals surface area contributed by atoms with E-state index in [2.05, 4.69) is 33.9 Å². The molecule has 1 aromatic carbocycles. The molecule has 1 aromatic heterocycles. The maximum Gasteiger partial charge on any atom is 0.147 e. The Morgan fingerprint density at radius 3 is 2.61 bits per heavy atom. The van der Waals surface area contributed by atoms with E-state index in [-0.39, 0.29) is 6.61 Å². The zero-order chi connectivity index (χ0) is 12.8. The Kier molecular flexibility index (Phi) is 4.25. The predicted molar refractivity (Wildman–Crippen MR) is 71.1 cm³/mol. The van der Waals surface area contributed by atoms with E-state index in [1.165, 1.54) is 5.56 Å². The number of rotatable bonds is 5. The van der Waals surface area contributed by atoms with Crippen LogP contribution in [0.4, 0.5) is 5.82 Å². The summed E-state index contributed by atoms with van der Waals surface area (Å²) in [6.07, 6.45) is 3.31. The Bertz CT molecular complexity index is 487. The third kappa shape index (κ3) is 3.05. The van der Waals surface area contributed by atoms with Gasteiger partial charge in [0.15, 0.2) is 0 Å². The standard InChI is InChI=1S/C14H17N3O/c1-2-17(10-12-6-4-3-5-7-12)14-9-15-8-13(11-18)16-14/h3-9,18H,2,10-11H2,1H3. The van der Waals surface area contributed by atoms with Crippen molar-refractivity contribution in [2.24, 2.45) is 0 Å². The molecule has 4 nitrogen and oxygen atoms in total. The van der Waals surface area contributed by atoms with Gasteiger partial charge in [-0.05, 0) is 12.5 Å². The maximum absolute atomic E-state index is 9.09. The fraction of sp³-hybridized carbons (Fsp3) is 0.286. The van der Waals surface area contributed by atoms with Crippen LogP contribution in [0.3, 0.4) is 0 Å². The normalized spacial score (nSPS) is 10.3. The Labute approximate surface area is 107 Å². The van der Waals surface area contributed by atoms with Gasteiger partial charge in [-0.3, -0.25) is 4.98 Å². The summed E-state index contributed by atoms with van der Waals surface area (Å²) in [6, 6.07) is 10.2. The van der Waals surface area contributed by atoms with Crippen molar-refractivity contribution in [2.75, 3.05) is 11.4 Å². The van der Waals surface area contributed by atoms with Gasteiger partial charge in [-0.25, -0.2) is 4.98 Å². The first kappa shape index (κ1) is 12.5. The van der Waals surface area contributed by atoms with Gasteiger partial charge < -0.3 is 10.0 Å². The Balaban J connectivity index is 2.17. The quantitative estimate of drug-likeness (QED) is 0.872. The lowest BCUT2D eigenvalue weighted by Crippen LogP contribution is -2.23. The lowest BCUT2D eigenvalue weighted by Gasteiger charge is -2.22. The van der Waals surface area contributed by atoms with E-state index in [1.807, 2.05) is 18.2 Å². The molecule has 94 valence electrons. The molecule has 0 atom stereocenters. The average Bonchev–Trinajstić information content (AvgIpc) is 2.46. The molecule has 0 saturated heterocycles. The summed E-state index contributed by atoms with van der Waals surface area (Å²) < 4.78 is 0. The van der Waals surface area contributed by atoms with Crippen molar-refractivity contribution in [1.29, 1.82) is 0 Å². The molecule has 0 aliphatic rings. The molecule has 1 heterocycles. The van der Waals surface area contributed by atoms with E-state index >= 15 is 0 Å². The average molecular weight is 243 g/mol. The molecule has 0 amide bonds. The zero-order valence-corrected chi connectivity index (χ0v) is 10.5. The predicted octanol–water partition coefficient (Wildman–Crippen LogP) is 2.00. The van der Waals surface area contributed by atoms with Crippen LogP contribution < -0.4 is 4.90 Å². The molecule has 18 heavy (non-hydrogen) atoms. The van der Waals surface area contributed by atoms with Crippen molar-refractivity contribution in [2.45, 2.75) is 20.1 Å². The number of nitrogens with zero attached hydrogens (tertiary/aromatic N) is 3. The Hall–Kier alpha value is -1.94. The summed E-state index contributed by atoms with van der Waals surface area (Å²) in [5, 5.41) is 9.09. The first-order valence-corrected chi connectivity index (χ1v) is 6.04. The first-order chi connectivity index (χ1) is 8.83. The summed E-state index contributed by atoms with van der Waals surface area (Å²) in [7, 11) is 0. The molecule has 0 radical (unpaired) electrons. The summed E-state index contributed by atoms with van der Waals surface area (Å²) in [4.78, 5) is 10.6. The first-order valence-electron chi connectivity index (χ1n) is 6.04. The van der Waals surface area contributed by atoms with E-state index < -0.39 is 0 Å². The van der Waals surface area contributed by atoms with Crippen LogP contribution in [0.5, 0.6) is 0 Å². The summed E-state index contributed by atoms with van der Waals surface area (Å²) in [5.74, 6) is 0.799. The van der Waals surface area contributed by atoms with Crippen molar-refractivity contribution >= 4 is 5.82 Å². The minimum atomic E-state index is -0.0796. The van der Waals surface area contributed by atoms with Gasteiger partial charge >= 0.3 is 0 Å². The number of hydrogen-bond acceptors (Lipinski definition) is 4. The lowest BCUT2D eigenvalue weighted by molar-refractivity contribution is 0.276. The van der Waals surface area contributed by atoms with Crippen molar-refractivity contribution in [3.8, 4) is 0 Å². The highest BCUT2D eigenvalue weighted by molar-refractivity contribution is 5.37. The zero-order valence-electron chi connectivity index (χ0n) is 10.5. The number of anilines is 1. The summed E-state index contributed by atoms with van der Waals surface area (Å²) in [6.45, 7) is 3.64. The van der Waals surface area contributed by atoms with Crippen LogP contribution in [0, 0.1) is 0 Å². The van der Waals surface area contributed by atoms with Gasteiger partial charge in [0.05, 0.1) is 24.7 Å². The van der Waals surface area contributed by atoms with Gasteiger partial charge in [-0.15, -0.1) is 0 Å². The Morgan fingerprint density at radius 1 is 1.17 bits per heavy atom. The summed E-state index contributed by atoms with van der Waals surface area (Å²) >= 11 is 0. The van der Waals surface area contributed by atoms with Crippen molar-refractivity contribution in [3.63, 3.8) is 0 Å². The highest BCUT2D eigenvalue weighted by Crippen LogP contribution is 2.13. The molecule has 0 aliphatic heterocycles. The van der Waals surface area contributed by atoms with E-state index in [0.29, 0.717) is 5.69 Å². The number of benzene rings is 1. The molecule has 0 aliphatic carbocycles. The van der Waals surface area contributed by atoms with Crippen LogP contribution in [0.25, 0.3) is 0 Å². The van der Waals surface area contributed by atoms with E-state index in [4.69, 9.17) is 5.11 Å². The van der Waals surface area contributed by atoms with Crippen LogP contribution in [0.2, 0.25) is 0 Å². The monoisotopic (exact) mass is 243 g/mol. The van der Waals surface area contributed by atoms with Gasteiger partial charge in [0, 0.05) is 13.1 Å². The fourth-order valence-corrected chi connectivity index (χ4v) is 1.78. The third-order valence-corrected chi connectivity index (χ3v) is 2.76. The molecule has 0 fully saturated rings. The number of aliphatic hydroxyl groups is 1. The van der Waals surface area contributed by atoms with Gasteiger partial charge in [0.1, 0.15) is 5.82 Å². The van der Waals surface area contributed by atoms with E-state index in [0.717, 1.165) is 18.9 Å². The number of hydrogen-bond donors (Lipinski definition) is 1. The van der Waals surface area contributed by atoms with E-state index in [9.17, 15) is 0 Å². The second kappa shape index (κ2) is 6.12. The minimum absolute atomic E-state index is 0.0796. The SMILES string of the molecule is CCN(Cc1ccccc1)c1cncc(CO)n1. The maximum atomic E-state index is 9.09. The highest BCUT2D eigenvalue weighted by Gasteiger charge is 2.07. The van der Waals surface area contributed by atoms with E-state index in [1.54, 1.807) is 12.4 Å². The van der Waals surface area contributed by atoms with Crippen molar-refractivity contribution < 1.29 is 5.11 Å². The second-order valence-electron chi connectivity index (χ2n) is 4.03. The largest absolute Gasteiger partial charge is 0.390 e. The molecule has 1 N–H and O–H groups in total. The van der Waals surface area contributed by atoms with Gasteiger partial charge in [-0.1, -0.05) is 30.3 Å². The van der Waals surface area contributed by atoms with Crippen molar-refractivity contribution in [3.05, 3.63) is 54.0 Å². The minimum Gasteiger partial charge on any atom is -0.390 e. The smallest absolute Gasteiger partial charge is 0.147 e. The van der Waals surface area contributed by atoms with Crippen LogP contribution >= 0.6 is 0 Å². The molecule has 4 heteroatoms. The van der Waals surface area contributed by atoms with Gasteiger partial charge in [-0.2, -0.15) is 0 Å². The molecule has 0 spiro atoms. The van der Waals surface area contributed by atoms with Crippen LogP contribution in [0.15, 0.2) is 42.7 Å². The molecule has 0 bridgehead atoms. The lowest BCUT2D eigenvalue weighted by atomic mass is 10.2. The summed E-state index contributed by atoms with van der Waals surface area (Å²) in [5.41, 5.74) is 1.83. The second-order valence-corrected chi connectivity index (χ2v) is 4.03. The Morgan fingerprint density at radius 2 is 1.94 bits per heavy atom. The van der Waals surface area contributed by atoms with Crippen LogP contribution in [-0.2, 0) is 13.2 Å².